The van der Waals surface area contributed by atoms with E-state index in [0.717, 1.165) is 167 Å². The number of amides is 2. The van der Waals surface area contributed by atoms with Crippen LogP contribution < -0.4 is 45.0 Å². The summed E-state index contributed by atoms with van der Waals surface area (Å²) in [5, 5.41) is 6.50. The van der Waals surface area contributed by atoms with Gasteiger partial charge in [0, 0.05) is 65.4 Å². The van der Waals surface area contributed by atoms with Gasteiger partial charge in [0.05, 0.1) is 0 Å². The standard InChI is InChI=1S/C37H76N14O/c38-33(39)44-21-9-1-5-13-25-50(27-15-7-3-11-23-46-35(42)48-29-31-17-18-31)37(52)51(26-14-6-2-10-22-45-34(40)41)28-16-8-4-12-24-47-36(43)49-30-32-19-20-32/h31-32H,1-30H2,(H4,38,39,44)(H4,40,41,45)(H3,42,46,48)(H3,43,47,49). The van der Waals surface area contributed by atoms with E-state index in [-0.39, 0.29) is 18.0 Å². The summed E-state index contributed by atoms with van der Waals surface area (Å²) in [6, 6.07) is 0.170. The monoisotopic (exact) mass is 733 g/mol. The van der Waals surface area contributed by atoms with Gasteiger partial charge < -0.3 is 54.8 Å². The number of carbonyl (C=O) groups excluding carboxylic acids is 1. The lowest BCUT2D eigenvalue weighted by Crippen LogP contribution is -2.45. The highest BCUT2D eigenvalue weighted by atomic mass is 16.2. The Hall–Kier alpha value is -3.65. The molecule has 0 saturated heterocycles. The summed E-state index contributed by atoms with van der Waals surface area (Å²) in [5.74, 6) is 2.88. The number of nitrogens with two attached hydrogens (primary N) is 6. The summed E-state index contributed by atoms with van der Waals surface area (Å²) < 4.78 is 0. The fraction of sp³-hybridized carbons (Fsp3) is 0.865. The van der Waals surface area contributed by atoms with Crippen molar-refractivity contribution < 1.29 is 4.79 Å². The molecule has 2 fully saturated rings. The predicted octanol–water partition coefficient (Wildman–Crippen LogP) is 3.13. The molecular formula is C37H76N14O. The van der Waals surface area contributed by atoms with Crippen molar-refractivity contribution in [3.63, 3.8) is 0 Å². The Morgan fingerprint density at radius 1 is 0.462 bits per heavy atom. The highest BCUT2D eigenvalue weighted by Crippen LogP contribution is 2.29. The average Bonchev–Trinajstić information content (AvgIpc) is 4.05. The number of unbranched alkanes of at least 4 members (excludes halogenated alkanes) is 12. The molecule has 0 spiro atoms. The van der Waals surface area contributed by atoms with Gasteiger partial charge in [0.2, 0.25) is 0 Å². The van der Waals surface area contributed by atoms with E-state index in [1.54, 1.807) is 0 Å². The Bertz CT molecular complexity index is 969. The molecule has 2 saturated carbocycles. The van der Waals surface area contributed by atoms with E-state index in [2.05, 4.69) is 40.4 Å². The van der Waals surface area contributed by atoms with Gasteiger partial charge in [-0.3, -0.25) is 20.0 Å². The zero-order valence-electron chi connectivity index (χ0n) is 32.4. The van der Waals surface area contributed by atoms with E-state index >= 15 is 0 Å². The van der Waals surface area contributed by atoms with Gasteiger partial charge in [-0.05, 0) is 88.9 Å². The van der Waals surface area contributed by atoms with Crippen LogP contribution in [-0.4, -0.2) is 105 Å². The quantitative estimate of drug-likeness (QED) is 0.0287. The summed E-state index contributed by atoms with van der Waals surface area (Å²) >= 11 is 0. The Morgan fingerprint density at radius 3 is 1.12 bits per heavy atom. The fourth-order valence-corrected chi connectivity index (χ4v) is 5.92. The number of guanidine groups is 4. The lowest BCUT2D eigenvalue weighted by Gasteiger charge is -2.31. The third kappa shape index (κ3) is 26.2. The van der Waals surface area contributed by atoms with Crippen LogP contribution >= 0.6 is 0 Å². The van der Waals surface area contributed by atoms with Crippen LogP contribution in [0.5, 0.6) is 0 Å². The number of carbonyl (C=O) groups is 1. The first-order valence-electron chi connectivity index (χ1n) is 20.5. The first-order chi connectivity index (χ1) is 25.2. The predicted molar refractivity (Wildman–Crippen MR) is 218 cm³/mol. The van der Waals surface area contributed by atoms with Crippen LogP contribution in [0.3, 0.4) is 0 Å². The minimum absolute atomic E-state index is 0.140. The SMILES string of the molecule is NC(N)=NCCCCCCN(CCCCCCNC(N)=NCC1CC1)C(=O)N(CCCCCCN=C(N)N)CCCCCCNC(N)=NCC1CC1. The zero-order valence-corrected chi connectivity index (χ0v) is 32.4. The molecule has 0 aromatic carbocycles. The lowest BCUT2D eigenvalue weighted by atomic mass is 10.1. The first-order valence-corrected chi connectivity index (χ1v) is 20.5. The van der Waals surface area contributed by atoms with Gasteiger partial charge in [-0.1, -0.05) is 51.4 Å². The molecule has 15 heteroatoms. The molecule has 52 heavy (non-hydrogen) atoms. The molecule has 0 aliphatic heterocycles. The second kappa shape index (κ2) is 28.9. The van der Waals surface area contributed by atoms with Crippen LogP contribution in [0, 0.1) is 11.8 Å². The van der Waals surface area contributed by atoms with Gasteiger partial charge in [-0.2, -0.15) is 0 Å². The normalized spacial score (nSPS) is 14.5. The first kappa shape index (κ1) is 44.5. The number of hydrogen-bond acceptors (Lipinski definition) is 5. The molecule has 2 aliphatic rings. The maximum atomic E-state index is 14.1. The Kier molecular flexibility index (Phi) is 24.7. The summed E-state index contributed by atoms with van der Waals surface area (Å²) in [7, 11) is 0. The van der Waals surface area contributed by atoms with Crippen LogP contribution in [0.15, 0.2) is 20.0 Å². The van der Waals surface area contributed by atoms with Gasteiger partial charge in [0.25, 0.3) is 0 Å². The van der Waals surface area contributed by atoms with Crippen LogP contribution in [0.4, 0.5) is 4.79 Å². The number of nitrogens with zero attached hydrogens (tertiary/aromatic N) is 6. The van der Waals surface area contributed by atoms with E-state index in [1.165, 1.54) is 25.7 Å². The van der Waals surface area contributed by atoms with Crippen molar-refractivity contribution in [3.8, 4) is 0 Å². The smallest absolute Gasteiger partial charge is 0.319 e. The summed E-state index contributed by atoms with van der Waals surface area (Å²) in [6.45, 7) is 7.73. The molecule has 0 radical (unpaired) electrons. The van der Waals surface area contributed by atoms with Crippen LogP contribution in [0.25, 0.3) is 0 Å². The average molecular weight is 733 g/mol. The number of aliphatic imine (C=N–C) groups is 4. The second-order valence-electron chi connectivity index (χ2n) is 14.7. The molecular weight excluding hydrogens is 657 g/mol. The van der Waals surface area contributed by atoms with Crippen molar-refractivity contribution in [2.24, 2.45) is 66.2 Å². The Labute approximate surface area is 314 Å². The van der Waals surface area contributed by atoms with Crippen LogP contribution in [0.2, 0.25) is 0 Å². The van der Waals surface area contributed by atoms with Crippen molar-refractivity contribution in [2.45, 2.75) is 128 Å². The molecule has 2 amide bonds. The topological polar surface area (TPSA) is 253 Å². The molecule has 0 atom stereocenters. The molecule has 2 aliphatic carbocycles. The maximum Gasteiger partial charge on any atom is 0.319 e. The molecule has 14 N–H and O–H groups in total. The Morgan fingerprint density at radius 2 is 0.788 bits per heavy atom. The van der Waals surface area contributed by atoms with E-state index in [0.29, 0.717) is 25.0 Å². The van der Waals surface area contributed by atoms with Crippen molar-refractivity contribution in [1.29, 1.82) is 0 Å². The summed E-state index contributed by atoms with van der Waals surface area (Å²) in [5.41, 5.74) is 33.9. The molecule has 0 unspecified atom stereocenters. The van der Waals surface area contributed by atoms with E-state index in [9.17, 15) is 4.79 Å². The zero-order chi connectivity index (χ0) is 37.7. The molecule has 0 aromatic rings. The minimum Gasteiger partial charge on any atom is -0.370 e. The van der Waals surface area contributed by atoms with Crippen LogP contribution in [-0.2, 0) is 0 Å². The van der Waals surface area contributed by atoms with E-state index in [4.69, 9.17) is 34.4 Å². The van der Waals surface area contributed by atoms with Crippen molar-refractivity contribution in [1.82, 2.24) is 20.4 Å². The fourth-order valence-electron chi connectivity index (χ4n) is 5.92. The molecule has 300 valence electrons. The van der Waals surface area contributed by atoms with Gasteiger partial charge in [-0.25, -0.2) is 4.79 Å². The van der Waals surface area contributed by atoms with Gasteiger partial charge >= 0.3 is 6.03 Å². The van der Waals surface area contributed by atoms with Gasteiger partial charge in [0.1, 0.15) is 0 Å². The lowest BCUT2D eigenvalue weighted by molar-refractivity contribution is 0.148. The molecule has 0 aromatic heterocycles. The molecule has 15 nitrogen and oxygen atoms in total. The molecule has 0 heterocycles. The van der Waals surface area contributed by atoms with Crippen molar-refractivity contribution in [2.75, 3.05) is 65.4 Å². The third-order valence-corrected chi connectivity index (χ3v) is 9.56. The second-order valence-corrected chi connectivity index (χ2v) is 14.7. The highest BCUT2D eigenvalue weighted by Gasteiger charge is 2.22. The number of rotatable bonds is 32. The van der Waals surface area contributed by atoms with Crippen molar-refractivity contribution in [3.05, 3.63) is 0 Å². The van der Waals surface area contributed by atoms with E-state index in [1.807, 2.05) is 0 Å². The van der Waals surface area contributed by atoms with Gasteiger partial charge in [0.15, 0.2) is 23.8 Å². The summed E-state index contributed by atoms with van der Waals surface area (Å²) in [6.07, 6.45) is 21.5. The third-order valence-electron chi connectivity index (χ3n) is 9.56. The number of urea groups is 1. The number of nitrogens with one attached hydrogen (secondary N) is 2. The molecule has 2 rings (SSSR count). The molecule has 0 bridgehead atoms. The highest BCUT2D eigenvalue weighted by molar-refractivity contribution is 5.78. The van der Waals surface area contributed by atoms with Crippen molar-refractivity contribution >= 4 is 29.9 Å². The Balaban J connectivity index is 1.84. The van der Waals surface area contributed by atoms with E-state index < -0.39 is 0 Å². The maximum absolute atomic E-state index is 14.1. The minimum atomic E-state index is 0.140. The van der Waals surface area contributed by atoms with Gasteiger partial charge in [-0.15, -0.1) is 0 Å². The number of hydrogen-bond donors (Lipinski definition) is 8. The van der Waals surface area contributed by atoms with Crippen LogP contribution in [0.1, 0.15) is 128 Å². The summed E-state index contributed by atoms with van der Waals surface area (Å²) in [4.78, 5) is 35.4. The largest absolute Gasteiger partial charge is 0.370 e.